The summed E-state index contributed by atoms with van der Waals surface area (Å²) >= 11 is 5.84. The quantitative estimate of drug-likeness (QED) is 0.560. The van der Waals surface area contributed by atoms with E-state index in [1.807, 2.05) is 12.1 Å². The van der Waals surface area contributed by atoms with Crippen molar-refractivity contribution in [2.45, 2.75) is 24.7 Å². The number of carbonyl (C=O) groups excluding carboxylic acids is 1. The Hall–Kier alpha value is -2.15. The molecule has 0 fully saturated rings. The highest BCUT2D eigenvalue weighted by Gasteiger charge is 2.07. The summed E-state index contributed by atoms with van der Waals surface area (Å²) in [5, 5.41) is 8.59. The summed E-state index contributed by atoms with van der Waals surface area (Å²) in [6, 6.07) is 13.7. The first-order chi connectivity index (χ1) is 12.3. The van der Waals surface area contributed by atoms with Crippen LogP contribution in [0.1, 0.15) is 24.5 Å². The van der Waals surface area contributed by atoms with E-state index >= 15 is 0 Å². The van der Waals surface area contributed by atoms with E-state index < -0.39 is 10.0 Å². The van der Waals surface area contributed by atoms with Crippen molar-refractivity contribution in [2.75, 3.05) is 6.54 Å². The Balaban J connectivity index is 1.80. The predicted molar refractivity (Wildman–Crippen MR) is 104 cm³/mol. The normalized spacial score (nSPS) is 12.0. The van der Waals surface area contributed by atoms with Gasteiger partial charge in [-0.2, -0.15) is 0 Å². The van der Waals surface area contributed by atoms with E-state index in [2.05, 4.69) is 5.32 Å². The highest BCUT2D eigenvalue weighted by molar-refractivity contribution is 7.89. The van der Waals surface area contributed by atoms with Gasteiger partial charge in [-0.05, 0) is 61.2 Å². The van der Waals surface area contributed by atoms with Crippen LogP contribution in [0.2, 0.25) is 5.02 Å². The maximum absolute atomic E-state index is 12.1. The molecular formula is C19H21ClN2O3S. The number of halogens is 1. The highest BCUT2D eigenvalue weighted by Crippen LogP contribution is 2.13. The van der Waals surface area contributed by atoms with Gasteiger partial charge in [-0.25, -0.2) is 13.6 Å². The number of rotatable bonds is 7. The van der Waals surface area contributed by atoms with Crippen LogP contribution in [0.15, 0.2) is 59.0 Å². The van der Waals surface area contributed by atoms with E-state index in [0.717, 1.165) is 24.0 Å². The standard InChI is InChI=1S/C19H21ClN2O3S/c1-14(13-16-4-8-17(20)9-5-16)19(23)22-12-2-3-15-6-10-18(11-7-15)26(21,24)25/h4-11,13H,2-3,12H2,1H3,(H,22,23)(H2,21,24,25)/b14-13+. The number of nitrogens with two attached hydrogens (primary N) is 1. The van der Waals surface area contributed by atoms with Crippen LogP contribution >= 0.6 is 11.6 Å². The van der Waals surface area contributed by atoms with Gasteiger partial charge in [0, 0.05) is 17.1 Å². The van der Waals surface area contributed by atoms with Crippen molar-refractivity contribution in [3.63, 3.8) is 0 Å². The molecule has 0 unspecified atom stereocenters. The Labute approximate surface area is 158 Å². The Morgan fingerprint density at radius 3 is 2.31 bits per heavy atom. The molecule has 26 heavy (non-hydrogen) atoms. The SMILES string of the molecule is C/C(=C\c1ccc(Cl)cc1)C(=O)NCCCc1ccc(S(N)(=O)=O)cc1. The molecule has 5 nitrogen and oxygen atoms in total. The summed E-state index contributed by atoms with van der Waals surface area (Å²) < 4.78 is 22.4. The lowest BCUT2D eigenvalue weighted by atomic mass is 10.1. The fraction of sp³-hybridized carbons (Fsp3) is 0.211. The van der Waals surface area contributed by atoms with E-state index in [1.165, 1.54) is 12.1 Å². The Bertz CT molecular complexity index is 889. The molecule has 0 heterocycles. The van der Waals surface area contributed by atoms with Crippen molar-refractivity contribution in [3.8, 4) is 0 Å². The van der Waals surface area contributed by atoms with Crippen LogP contribution in [-0.4, -0.2) is 20.9 Å². The van der Waals surface area contributed by atoms with E-state index in [-0.39, 0.29) is 10.8 Å². The second kappa shape index (κ2) is 8.98. The molecule has 0 aromatic heterocycles. The van der Waals surface area contributed by atoms with Gasteiger partial charge in [-0.15, -0.1) is 0 Å². The number of nitrogens with one attached hydrogen (secondary N) is 1. The summed E-state index contributed by atoms with van der Waals surface area (Å²) in [7, 11) is -3.66. The molecule has 0 bridgehead atoms. The van der Waals surface area contributed by atoms with Crippen LogP contribution in [0.4, 0.5) is 0 Å². The molecule has 0 saturated heterocycles. The van der Waals surface area contributed by atoms with Crippen LogP contribution in [0.3, 0.4) is 0 Å². The highest BCUT2D eigenvalue weighted by atomic mass is 35.5. The van der Waals surface area contributed by atoms with Gasteiger partial charge in [0.2, 0.25) is 15.9 Å². The molecule has 0 saturated carbocycles. The van der Waals surface area contributed by atoms with E-state index in [4.69, 9.17) is 16.7 Å². The predicted octanol–water partition coefficient (Wildman–Crippen LogP) is 3.14. The summed E-state index contributed by atoms with van der Waals surface area (Å²) in [5.74, 6) is -0.121. The molecule has 2 aromatic rings. The number of sulfonamides is 1. The fourth-order valence-corrected chi connectivity index (χ4v) is 3.00. The zero-order valence-corrected chi connectivity index (χ0v) is 16.0. The smallest absolute Gasteiger partial charge is 0.246 e. The number of amides is 1. The largest absolute Gasteiger partial charge is 0.352 e. The van der Waals surface area contributed by atoms with Crippen LogP contribution < -0.4 is 10.5 Å². The third-order valence-corrected chi connectivity index (χ3v) is 4.97. The third-order valence-electron chi connectivity index (χ3n) is 3.79. The minimum absolute atomic E-state index is 0.0949. The summed E-state index contributed by atoms with van der Waals surface area (Å²) in [6.45, 7) is 2.29. The van der Waals surface area contributed by atoms with Gasteiger partial charge >= 0.3 is 0 Å². The maximum Gasteiger partial charge on any atom is 0.246 e. The molecule has 0 aliphatic rings. The molecular weight excluding hydrogens is 372 g/mol. The number of primary sulfonamides is 1. The zero-order valence-electron chi connectivity index (χ0n) is 14.4. The first-order valence-corrected chi connectivity index (χ1v) is 10.0. The average molecular weight is 393 g/mol. The lowest BCUT2D eigenvalue weighted by Crippen LogP contribution is -2.25. The minimum Gasteiger partial charge on any atom is -0.352 e. The molecule has 0 aliphatic carbocycles. The molecule has 0 atom stereocenters. The number of hydrogen-bond donors (Lipinski definition) is 2. The first kappa shape index (κ1) is 20.2. The second-order valence-corrected chi connectivity index (χ2v) is 7.93. The van der Waals surface area contributed by atoms with Crippen molar-refractivity contribution in [2.24, 2.45) is 5.14 Å². The second-order valence-electron chi connectivity index (χ2n) is 5.93. The number of aryl methyl sites for hydroxylation is 1. The Morgan fingerprint density at radius 1 is 1.12 bits per heavy atom. The molecule has 138 valence electrons. The maximum atomic E-state index is 12.1. The average Bonchev–Trinajstić information content (AvgIpc) is 2.60. The van der Waals surface area contributed by atoms with Crippen molar-refractivity contribution in [1.29, 1.82) is 0 Å². The third kappa shape index (κ3) is 6.29. The van der Waals surface area contributed by atoms with Gasteiger partial charge in [0.1, 0.15) is 0 Å². The van der Waals surface area contributed by atoms with E-state index in [0.29, 0.717) is 17.1 Å². The number of carbonyl (C=O) groups is 1. The first-order valence-electron chi connectivity index (χ1n) is 8.09. The number of benzene rings is 2. The molecule has 2 aromatic carbocycles. The number of hydrogen-bond acceptors (Lipinski definition) is 3. The van der Waals surface area contributed by atoms with Gasteiger partial charge in [0.05, 0.1) is 4.90 Å². The van der Waals surface area contributed by atoms with Crippen LogP contribution in [-0.2, 0) is 21.2 Å². The molecule has 0 spiro atoms. The lowest BCUT2D eigenvalue weighted by Gasteiger charge is -2.06. The Morgan fingerprint density at radius 2 is 1.73 bits per heavy atom. The van der Waals surface area contributed by atoms with Crippen molar-refractivity contribution in [1.82, 2.24) is 5.32 Å². The molecule has 3 N–H and O–H groups in total. The fourth-order valence-electron chi connectivity index (χ4n) is 2.35. The van der Waals surface area contributed by atoms with Gasteiger partial charge < -0.3 is 5.32 Å². The minimum atomic E-state index is -3.66. The molecule has 2 rings (SSSR count). The van der Waals surface area contributed by atoms with Crippen molar-refractivity contribution in [3.05, 3.63) is 70.3 Å². The molecule has 1 amide bonds. The van der Waals surface area contributed by atoms with E-state index in [9.17, 15) is 13.2 Å². The molecule has 0 radical (unpaired) electrons. The van der Waals surface area contributed by atoms with Gasteiger partial charge in [-0.3, -0.25) is 4.79 Å². The van der Waals surface area contributed by atoms with Crippen LogP contribution in [0.25, 0.3) is 6.08 Å². The van der Waals surface area contributed by atoms with Gasteiger partial charge in [-0.1, -0.05) is 35.9 Å². The summed E-state index contributed by atoms with van der Waals surface area (Å²) in [5.41, 5.74) is 2.52. The van der Waals surface area contributed by atoms with Crippen LogP contribution in [0.5, 0.6) is 0 Å². The zero-order chi connectivity index (χ0) is 19.2. The lowest BCUT2D eigenvalue weighted by molar-refractivity contribution is -0.117. The van der Waals surface area contributed by atoms with Gasteiger partial charge in [0.25, 0.3) is 0 Å². The van der Waals surface area contributed by atoms with Crippen molar-refractivity contribution < 1.29 is 13.2 Å². The summed E-state index contributed by atoms with van der Waals surface area (Å²) in [6.07, 6.45) is 3.28. The molecule has 0 aliphatic heterocycles. The topological polar surface area (TPSA) is 89.3 Å². The van der Waals surface area contributed by atoms with Crippen molar-refractivity contribution >= 4 is 33.6 Å². The monoisotopic (exact) mass is 392 g/mol. The van der Waals surface area contributed by atoms with Crippen LogP contribution in [0, 0.1) is 0 Å². The summed E-state index contributed by atoms with van der Waals surface area (Å²) in [4.78, 5) is 12.2. The van der Waals surface area contributed by atoms with E-state index in [1.54, 1.807) is 37.3 Å². The van der Waals surface area contributed by atoms with Gasteiger partial charge in [0.15, 0.2) is 0 Å². The Kier molecular flexibility index (Phi) is 6.97. The molecule has 7 heteroatoms.